The Morgan fingerprint density at radius 2 is 2.03 bits per heavy atom. The summed E-state index contributed by atoms with van der Waals surface area (Å²) in [4.78, 5) is 27.6. The molecule has 0 radical (unpaired) electrons. The lowest BCUT2D eigenvalue weighted by molar-refractivity contribution is 0.126. The summed E-state index contributed by atoms with van der Waals surface area (Å²) in [6.45, 7) is 5.74. The second kappa shape index (κ2) is 9.26. The number of imidazole rings is 1. The third-order valence-corrected chi connectivity index (χ3v) is 5.24. The van der Waals surface area contributed by atoms with Crippen LogP contribution >= 0.6 is 0 Å². The average molecular weight is 415 g/mol. The highest BCUT2D eigenvalue weighted by Gasteiger charge is 2.34. The fourth-order valence-corrected chi connectivity index (χ4v) is 3.85. The van der Waals surface area contributed by atoms with Crippen LogP contribution in [0.1, 0.15) is 45.4 Å². The van der Waals surface area contributed by atoms with Crippen molar-refractivity contribution in [3.8, 4) is 6.07 Å². The van der Waals surface area contributed by atoms with E-state index in [0.29, 0.717) is 30.1 Å². The van der Waals surface area contributed by atoms with Crippen LogP contribution in [0.15, 0.2) is 6.33 Å². The maximum absolute atomic E-state index is 12.2. The highest BCUT2D eigenvalue weighted by molar-refractivity contribution is 5.85. The summed E-state index contributed by atoms with van der Waals surface area (Å²) in [6, 6.07) is 2.03. The zero-order valence-corrected chi connectivity index (χ0v) is 18.1. The summed E-state index contributed by atoms with van der Waals surface area (Å²) in [5.41, 5.74) is 1.07. The maximum Gasteiger partial charge on any atom is 0.426 e. The number of nitriles is 1. The van der Waals surface area contributed by atoms with E-state index in [9.17, 15) is 15.2 Å². The molecule has 2 aromatic rings. The second-order valence-corrected chi connectivity index (χ2v) is 8.44. The van der Waals surface area contributed by atoms with Crippen molar-refractivity contribution in [2.75, 3.05) is 32.2 Å². The number of anilines is 1. The fraction of sp³-hybridized carbons (Fsp3) is 0.650. The molecule has 10 heteroatoms. The molecule has 1 aliphatic carbocycles. The summed E-state index contributed by atoms with van der Waals surface area (Å²) < 4.78 is 1.89. The van der Waals surface area contributed by atoms with Crippen molar-refractivity contribution in [1.29, 1.82) is 5.26 Å². The Morgan fingerprint density at radius 1 is 1.33 bits per heavy atom. The van der Waals surface area contributed by atoms with Gasteiger partial charge in [0.2, 0.25) is 5.82 Å². The number of nitrogens with zero attached hydrogens (tertiary/aromatic N) is 8. The van der Waals surface area contributed by atoms with Crippen molar-refractivity contribution in [3.63, 3.8) is 0 Å². The fourth-order valence-electron chi connectivity index (χ4n) is 3.85. The minimum atomic E-state index is -1.03. The first-order chi connectivity index (χ1) is 14.3. The number of likely N-dealkylation sites (N-methyl/N-ethyl adjacent to an activating group) is 1. The molecule has 2 aromatic heterocycles. The molecule has 0 aromatic carbocycles. The van der Waals surface area contributed by atoms with Gasteiger partial charge in [-0.05, 0) is 32.9 Å². The monoisotopic (exact) mass is 414 g/mol. The number of hydrazine groups is 1. The molecule has 0 unspecified atom stereocenters. The van der Waals surface area contributed by atoms with Crippen molar-refractivity contribution in [2.45, 2.75) is 52.1 Å². The van der Waals surface area contributed by atoms with Gasteiger partial charge < -0.3 is 14.6 Å². The van der Waals surface area contributed by atoms with Gasteiger partial charge in [-0.15, -0.1) is 0 Å². The van der Waals surface area contributed by atoms with Gasteiger partial charge in [-0.3, -0.25) is 5.01 Å². The number of fused-ring (bicyclic) bond motifs is 1. The van der Waals surface area contributed by atoms with E-state index in [1.54, 1.807) is 11.3 Å². The predicted octanol–water partition coefficient (Wildman–Crippen LogP) is 2.56. The Morgan fingerprint density at radius 3 is 2.60 bits per heavy atom. The Balaban J connectivity index is 2.15. The van der Waals surface area contributed by atoms with Crippen molar-refractivity contribution in [3.05, 3.63) is 12.2 Å². The van der Waals surface area contributed by atoms with E-state index in [0.717, 1.165) is 32.2 Å². The Labute approximate surface area is 176 Å². The van der Waals surface area contributed by atoms with Crippen molar-refractivity contribution >= 4 is 23.1 Å². The molecule has 1 amide bonds. The topological polar surface area (TPSA) is 114 Å². The molecule has 10 nitrogen and oxygen atoms in total. The first-order valence-electron chi connectivity index (χ1n) is 10.4. The number of hydrogen-bond acceptors (Lipinski definition) is 7. The third-order valence-electron chi connectivity index (χ3n) is 5.24. The molecule has 1 saturated carbocycles. The molecule has 162 valence electrons. The highest BCUT2D eigenvalue weighted by Crippen LogP contribution is 2.33. The first kappa shape index (κ1) is 21.8. The third kappa shape index (κ3) is 4.62. The zero-order valence-electron chi connectivity index (χ0n) is 18.1. The average Bonchev–Trinajstić information content (AvgIpc) is 3.35. The van der Waals surface area contributed by atoms with Gasteiger partial charge in [0.25, 0.3) is 0 Å². The van der Waals surface area contributed by atoms with Crippen LogP contribution in [0.25, 0.3) is 11.2 Å². The first-order valence-corrected chi connectivity index (χ1v) is 10.4. The van der Waals surface area contributed by atoms with Crippen LogP contribution in [0.3, 0.4) is 0 Å². The molecule has 1 aliphatic rings. The molecule has 0 bridgehead atoms. The lowest BCUT2D eigenvalue weighted by atomic mass is 10.2. The number of amides is 1. The minimum Gasteiger partial charge on any atom is -0.464 e. The molecule has 1 fully saturated rings. The van der Waals surface area contributed by atoms with Crippen molar-refractivity contribution in [2.24, 2.45) is 5.92 Å². The molecule has 30 heavy (non-hydrogen) atoms. The van der Waals surface area contributed by atoms with Crippen molar-refractivity contribution in [1.82, 2.24) is 29.4 Å². The van der Waals surface area contributed by atoms with E-state index in [1.165, 1.54) is 5.01 Å². The summed E-state index contributed by atoms with van der Waals surface area (Å²) in [6.07, 6.45) is 4.47. The van der Waals surface area contributed by atoms with E-state index in [4.69, 9.17) is 0 Å². The van der Waals surface area contributed by atoms with Crippen LogP contribution < -0.4 is 5.01 Å². The number of rotatable bonds is 8. The Bertz CT molecular complexity index is 927. The van der Waals surface area contributed by atoms with Gasteiger partial charge in [0, 0.05) is 19.6 Å². The van der Waals surface area contributed by atoms with Crippen LogP contribution in [-0.4, -0.2) is 73.9 Å². The van der Waals surface area contributed by atoms with Crippen molar-refractivity contribution < 1.29 is 9.90 Å². The van der Waals surface area contributed by atoms with Gasteiger partial charge in [-0.25, -0.2) is 14.8 Å². The van der Waals surface area contributed by atoms with Crippen LogP contribution in [0.5, 0.6) is 0 Å². The number of hydrogen-bond donors (Lipinski definition) is 1. The molecule has 0 saturated heterocycles. The summed E-state index contributed by atoms with van der Waals surface area (Å²) in [7, 11) is 3.97. The second-order valence-electron chi connectivity index (χ2n) is 8.44. The maximum atomic E-state index is 12.2. The Kier molecular flexibility index (Phi) is 6.72. The molecule has 2 heterocycles. The van der Waals surface area contributed by atoms with Crippen LogP contribution in [0.4, 0.5) is 10.6 Å². The summed E-state index contributed by atoms with van der Waals surface area (Å²) >= 11 is 0. The largest absolute Gasteiger partial charge is 0.464 e. The number of carboxylic acid groups (broad SMARTS) is 1. The van der Waals surface area contributed by atoms with Gasteiger partial charge in [0.05, 0.1) is 12.4 Å². The molecule has 0 spiro atoms. The smallest absolute Gasteiger partial charge is 0.426 e. The molecule has 0 aliphatic heterocycles. The van der Waals surface area contributed by atoms with Gasteiger partial charge in [-0.2, -0.15) is 15.2 Å². The normalized spacial score (nSPS) is 14.6. The number of aromatic nitrogens is 4. The predicted molar refractivity (Wildman–Crippen MR) is 113 cm³/mol. The van der Waals surface area contributed by atoms with E-state index in [-0.39, 0.29) is 17.8 Å². The lowest BCUT2D eigenvalue weighted by Gasteiger charge is -2.38. The quantitative estimate of drug-likeness (QED) is 0.656. The molecule has 3 rings (SSSR count). The minimum absolute atomic E-state index is 0.00332. The van der Waals surface area contributed by atoms with Gasteiger partial charge in [0.15, 0.2) is 17.0 Å². The highest BCUT2D eigenvalue weighted by atomic mass is 16.4. The van der Waals surface area contributed by atoms with E-state index in [1.807, 2.05) is 38.6 Å². The van der Waals surface area contributed by atoms with E-state index < -0.39 is 6.09 Å². The molecular weight excluding hydrogens is 384 g/mol. The zero-order chi connectivity index (χ0) is 21.8. The van der Waals surface area contributed by atoms with Crippen LogP contribution in [0.2, 0.25) is 0 Å². The molecule has 1 N–H and O–H groups in total. The molecule has 0 atom stereocenters. The summed E-state index contributed by atoms with van der Waals surface area (Å²) in [5, 5.41) is 22.6. The van der Waals surface area contributed by atoms with Crippen LogP contribution in [-0.2, 0) is 6.54 Å². The van der Waals surface area contributed by atoms with Gasteiger partial charge in [-0.1, -0.05) is 26.7 Å². The molecular formula is C20H30N8O2. The standard InChI is InChI=1S/C20H30N8O2/c1-14(2)12-27(20(29)30)28(15-7-5-6-8-15)19-17-18(23-16(11-21)24-19)26(13-22-17)10-9-25(3)4/h13-15H,5-10,12H2,1-4H3,(H,29,30). The van der Waals surface area contributed by atoms with Gasteiger partial charge >= 0.3 is 6.09 Å². The number of carbonyl (C=O) groups is 1. The van der Waals surface area contributed by atoms with E-state index in [2.05, 4.69) is 19.9 Å². The van der Waals surface area contributed by atoms with E-state index >= 15 is 0 Å². The van der Waals surface area contributed by atoms with Crippen LogP contribution in [0, 0.1) is 17.2 Å². The van der Waals surface area contributed by atoms with Gasteiger partial charge in [0.1, 0.15) is 6.07 Å². The SMILES string of the molecule is CC(C)CN(C(=O)O)N(c1nc(C#N)nc2c1ncn2CCN(C)C)C1CCCC1. The summed E-state index contributed by atoms with van der Waals surface area (Å²) in [5.74, 6) is 0.549. The Hall–Kier alpha value is -2.93. The lowest BCUT2D eigenvalue weighted by Crippen LogP contribution is -2.52.